The van der Waals surface area contributed by atoms with E-state index in [4.69, 9.17) is 16.3 Å². The third-order valence-corrected chi connectivity index (χ3v) is 5.83. The van der Waals surface area contributed by atoms with Crippen LogP contribution in [-0.4, -0.2) is 44.9 Å². The maximum absolute atomic E-state index is 12.5. The number of ether oxygens (including phenoxy) is 1. The Morgan fingerprint density at radius 2 is 2.32 bits per heavy atom. The number of hydrogen-bond acceptors (Lipinski definition) is 5. The van der Waals surface area contributed by atoms with Crippen LogP contribution in [0.15, 0.2) is 35.5 Å². The van der Waals surface area contributed by atoms with Crippen LogP contribution in [-0.2, 0) is 10.0 Å². The lowest BCUT2D eigenvalue weighted by Gasteiger charge is -2.22. The molecule has 1 aliphatic rings. The quantitative estimate of drug-likeness (QED) is 0.793. The van der Waals surface area contributed by atoms with E-state index in [2.05, 4.69) is 15.1 Å². The van der Waals surface area contributed by atoms with Crippen molar-refractivity contribution in [3.05, 3.63) is 35.6 Å². The van der Waals surface area contributed by atoms with Crippen molar-refractivity contribution in [1.29, 1.82) is 0 Å². The number of methoxy groups -OCH3 is 1. The van der Waals surface area contributed by atoms with Crippen molar-refractivity contribution in [2.24, 2.45) is 5.92 Å². The van der Waals surface area contributed by atoms with Gasteiger partial charge in [-0.05, 0) is 50.0 Å². The van der Waals surface area contributed by atoms with E-state index in [0.29, 0.717) is 28.9 Å². The molecule has 136 valence electrons. The van der Waals surface area contributed by atoms with Gasteiger partial charge in [0.25, 0.3) is 0 Å². The number of aromatic nitrogens is 2. The van der Waals surface area contributed by atoms with Gasteiger partial charge in [-0.15, -0.1) is 0 Å². The van der Waals surface area contributed by atoms with E-state index < -0.39 is 10.0 Å². The summed E-state index contributed by atoms with van der Waals surface area (Å²) in [7, 11) is -2.08. The molecule has 1 fully saturated rings. The molecule has 2 aromatic rings. The fraction of sp³-hybridized carbons (Fsp3) is 0.438. The highest BCUT2D eigenvalue weighted by Gasteiger charge is 2.21. The smallest absolute Gasteiger partial charge is 0.243 e. The molecule has 0 radical (unpaired) electrons. The first-order chi connectivity index (χ1) is 12.0. The molecule has 0 bridgehead atoms. The maximum atomic E-state index is 12.5. The molecule has 25 heavy (non-hydrogen) atoms. The maximum Gasteiger partial charge on any atom is 0.243 e. The Morgan fingerprint density at radius 3 is 3.04 bits per heavy atom. The number of sulfonamides is 1. The summed E-state index contributed by atoms with van der Waals surface area (Å²) in [6.45, 7) is 2.25. The van der Waals surface area contributed by atoms with Crippen LogP contribution in [0.1, 0.15) is 12.8 Å². The average Bonchev–Trinajstić information content (AvgIpc) is 3.12. The largest absolute Gasteiger partial charge is 0.494 e. The van der Waals surface area contributed by atoms with Crippen LogP contribution in [0, 0.1) is 5.92 Å². The number of piperidine rings is 1. The SMILES string of the molecule is COc1ccc(Cl)cc1-n1cc(S(=O)(=O)NC[C@H]2CCCNC2)cn1. The van der Waals surface area contributed by atoms with E-state index >= 15 is 0 Å². The van der Waals surface area contributed by atoms with Crippen LogP contribution < -0.4 is 14.8 Å². The zero-order valence-corrected chi connectivity index (χ0v) is 15.5. The molecule has 2 N–H and O–H groups in total. The van der Waals surface area contributed by atoms with Crippen LogP contribution in [0.3, 0.4) is 0 Å². The van der Waals surface area contributed by atoms with Crippen LogP contribution in [0.5, 0.6) is 5.75 Å². The minimum atomic E-state index is -3.61. The van der Waals surface area contributed by atoms with Crippen LogP contribution in [0.2, 0.25) is 5.02 Å². The molecule has 1 aromatic carbocycles. The lowest BCUT2D eigenvalue weighted by atomic mass is 10.0. The van der Waals surface area contributed by atoms with Gasteiger partial charge in [-0.2, -0.15) is 5.10 Å². The third kappa shape index (κ3) is 4.33. The zero-order valence-electron chi connectivity index (χ0n) is 13.9. The van der Waals surface area contributed by atoms with Gasteiger partial charge in [0, 0.05) is 11.6 Å². The van der Waals surface area contributed by atoms with Gasteiger partial charge >= 0.3 is 0 Å². The molecule has 7 nitrogen and oxygen atoms in total. The molecule has 0 spiro atoms. The van der Waals surface area contributed by atoms with Crippen molar-refractivity contribution >= 4 is 21.6 Å². The first kappa shape index (κ1) is 18.2. The number of benzene rings is 1. The van der Waals surface area contributed by atoms with E-state index in [1.807, 2.05) is 0 Å². The standard InChI is InChI=1S/C16H21ClN4O3S/c1-24-16-5-4-13(17)7-15(16)21-11-14(10-19-21)25(22,23)20-9-12-3-2-6-18-8-12/h4-5,7,10-12,18,20H,2-3,6,8-9H2,1H3/t12-/m0/s1. The number of hydrogen-bond donors (Lipinski definition) is 2. The van der Waals surface area contributed by atoms with Gasteiger partial charge in [-0.1, -0.05) is 11.6 Å². The monoisotopic (exact) mass is 384 g/mol. The second-order valence-electron chi connectivity index (χ2n) is 6.00. The summed E-state index contributed by atoms with van der Waals surface area (Å²) < 4.78 is 34.4. The Bertz CT molecular complexity index is 832. The lowest BCUT2D eigenvalue weighted by molar-refractivity contribution is 0.376. The molecule has 0 unspecified atom stereocenters. The van der Waals surface area contributed by atoms with E-state index in [1.54, 1.807) is 18.2 Å². The predicted molar refractivity (Wildman–Crippen MR) is 95.9 cm³/mol. The van der Waals surface area contributed by atoms with Gasteiger partial charge in [-0.25, -0.2) is 17.8 Å². The van der Waals surface area contributed by atoms with Gasteiger partial charge in [0.1, 0.15) is 16.3 Å². The van der Waals surface area contributed by atoms with Crippen molar-refractivity contribution < 1.29 is 13.2 Å². The normalized spacial score (nSPS) is 18.2. The van der Waals surface area contributed by atoms with E-state index in [1.165, 1.54) is 24.2 Å². The molecule has 2 heterocycles. The Kier molecular flexibility index (Phi) is 5.63. The molecule has 3 rings (SSSR count). The van der Waals surface area contributed by atoms with Gasteiger partial charge in [0.2, 0.25) is 10.0 Å². The van der Waals surface area contributed by atoms with Gasteiger partial charge < -0.3 is 10.1 Å². The van der Waals surface area contributed by atoms with E-state index in [0.717, 1.165) is 25.9 Å². The highest BCUT2D eigenvalue weighted by atomic mass is 35.5. The molecule has 0 amide bonds. The van der Waals surface area contributed by atoms with Crippen LogP contribution in [0.4, 0.5) is 0 Å². The summed E-state index contributed by atoms with van der Waals surface area (Å²) in [5.74, 6) is 0.865. The summed E-state index contributed by atoms with van der Waals surface area (Å²) in [4.78, 5) is 0.110. The van der Waals surface area contributed by atoms with Gasteiger partial charge in [0.15, 0.2) is 0 Å². The van der Waals surface area contributed by atoms with Gasteiger partial charge in [0.05, 0.1) is 19.5 Å². The fourth-order valence-electron chi connectivity index (χ4n) is 2.83. The Balaban J connectivity index is 1.77. The molecule has 0 aliphatic carbocycles. The minimum Gasteiger partial charge on any atom is -0.494 e. The predicted octanol–water partition coefficient (Wildman–Crippen LogP) is 1.81. The highest BCUT2D eigenvalue weighted by Crippen LogP contribution is 2.26. The fourth-order valence-corrected chi connectivity index (χ4v) is 4.04. The second kappa shape index (κ2) is 7.74. The molecular formula is C16H21ClN4O3S. The minimum absolute atomic E-state index is 0.110. The number of halogens is 1. The first-order valence-corrected chi connectivity index (χ1v) is 9.94. The molecular weight excluding hydrogens is 364 g/mol. The third-order valence-electron chi connectivity index (χ3n) is 4.22. The van der Waals surface area contributed by atoms with Gasteiger partial charge in [-0.3, -0.25) is 0 Å². The summed E-state index contributed by atoms with van der Waals surface area (Å²) in [6.07, 6.45) is 4.87. The van der Waals surface area contributed by atoms with Crippen molar-refractivity contribution in [3.63, 3.8) is 0 Å². The zero-order chi connectivity index (χ0) is 17.9. The summed E-state index contributed by atoms with van der Waals surface area (Å²) in [6, 6.07) is 5.08. The Hall–Kier alpha value is -1.61. The molecule has 9 heteroatoms. The molecule has 1 aliphatic heterocycles. The Morgan fingerprint density at radius 1 is 1.48 bits per heavy atom. The van der Waals surface area contributed by atoms with Crippen molar-refractivity contribution in [1.82, 2.24) is 19.8 Å². The van der Waals surface area contributed by atoms with E-state index in [-0.39, 0.29) is 4.90 Å². The number of rotatable bonds is 6. The van der Waals surface area contributed by atoms with Crippen LogP contribution >= 0.6 is 11.6 Å². The first-order valence-electron chi connectivity index (χ1n) is 8.08. The number of nitrogens with one attached hydrogen (secondary N) is 2. The van der Waals surface area contributed by atoms with Crippen molar-refractivity contribution in [3.8, 4) is 11.4 Å². The van der Waals surface area contributed by atoms with Crippen molar-refractivity contribution in [2.45, 2.75) is 17.7 Å². The highest BCUT2D eigenvalue weighted by molar-refractivity contribution is 7.89. The van der Waals surface area contributed by atoms with E-state index in [9.17, 15) is 8.42 Å². The lowest BCUT2D eigenvalue weighted by Crippen LogP contribution is -2.38. The molecule has 1 aromatic heterocycles. The summed E-state index contributed by atoms with van der Waals surface area (Å²) in [5.41, 5.74) is 0.577. The topological polar surface area (TPSA) is 85.2 Å². The Labute approximate surface area is 152 Å². The number of nitrogens with zero attached hydrogens (tertiary/aromatic N) is 2. The molecule has 1 atom stereocenters. The summed E-state index contributed by atoms with van der Waals surface area (Å²) in [5, 5.41) is 7.93. The average molecular weight is 385 g/mol. The summed E-state index contributed by atoms with van der Waals surface area (Å²) >= 11 is 6.02. The second-order valence-corrected chi connectivity index (χ2v) is 8.20. The molecule has 0 saturated carbocycles. The molecule has 1 saturated heterocycles. The van der Waals surface area contributed by atoms with Crippen LogP contribution in [0.25, 0.3) is 5.69 Å². The van der Waals surface area contributed by atoms with Crippen molar-refractivity contribution in [2.75, 3.05) is 26.7 Å².